The maximum absolute atomic E-state index is 11.9. The number of hydrogen-bond donors (Lipinski definition) is 0. The minimum Gasteiger partial charge on any atom is -0.302 e. The average Bonchev–Trinajstić information content (AvgIpc) is 2.39. The first-order valence-electron chi connectivity index (χ1n) is 6.94. The zero-order valence-corrected chi connectivity index (χ0v) is 11.5. The van der Waals surface area contributed by atoms with Gasteiger partial charge in [0, 0.05) is 5.56 Å². The largest absolute Gasteiger partial charge is 0.302 e. The summed E-state index contributed by atoms with van der Waals surface area (Å²) in [7, 11) is 3.85. The van der Waals surface area contributed by atoms with Crippen LogP contribution in [0.4, 0.5) is 0 Å². The number of hydrogen-bond acceptors (Lipinski definition) is 2. The van der Waals surface area contributed by atoms with E-state index in [1.54, 1.807) is 0 Å². The Balaban J connectivity index is 2.02. The fraction of sp³-hybridized carbons (Fsp3) is 0.562. The van der Waals surface area contributed by atoms with Crippen molar-refractivity contribution < 1.29 is 4.79 Å². The Kier molecular flexibility index (Phi) is 4.54. The SMILES string of the molecule is CN(C)CC(=O)c1ccc(C2CCCCC2)cc1. The van der Waals surface area contributed by atoms with E-state index in [2.05, 4.69) is 12.1 Å². The van der Waals surface area contributed by atoms with Gasteiger partial charge in [-0.05, 0) is 38.4 Å². The van der Waals surface area contributed by atoms with Crippen LogP contribution in [0.3, 0.4) is 0 Å². The lowest BCUT2D eigenvalue weighted by molar-refractivity contribution is 0.0958. The summed E-state index contributed by atoms with van der Waals surface area (Å²) in [5.41, 5.74) is 2.25. The molecule has 2 nitrogen and oxygen atoms in total. The first kappa shape index (κ1) is 13.3. The van der Waals surface area contributed by atoms with E-state index in [1.807, 2.05) is 31.1 Å². The van der Waals surface area contributed by atoms with E-state index in [1.165, 1.54) is 37.7 Å². The van der Waals surface area contributed by atoms with Gasteiger partial charge in [-0.2, -0.15) is 0 Å². The Labute approximate surface area is 110 Å². The fourth-order valence-corrected chi connectivity index (χ4v) is 2.76. The van der Waals surface area contributed by atoms with E-state index >= 15 is 0 Å². The van der Waals surface area contributed by atoms with Crippen molar-refractivity contribution in [3.05, 3.63) is 35.4 Å². The zero-order valence-electron chi connectivity index (χ0n) is 11.5. The van der Waals surface area contributed by atoms with Crippen LogP contribution in [-0.2, 0) is 0 Å². The van der Waals surface area contributed by atoms with Crippen LogP contribution < -0.4 is 0 Å². The van der Waals surface area contributed by atoms with Gasteiger partial charge in [-0.1, -0.05) is 43.5 Å². The number of likely N-dealkylation sites (N-methyl/N-ethyl adjacent to an activating group) is 1. The van der Waals surface area contributed by atoms with E-state index in [0.717, 1.165) is 11.5 Å². The summed E-state index contributed by atoms with van der Waals surface area (Å²) in [5.74, 6) is 0.923. The van der Waals surface area contributed by atoms with Gasteiger partial charge in [0.1, 0.15) is 0 Å². The molecule has 0 atom stereocenters. The summed E-state index contributed by atoms with van der Waals surface area (Å²) >= 11 is 0. The van der Waals surface area contributed by atoms with E-state index in [4.69, 9.17) is 0 Å². The van der Waals surface area contributed by atoms with Gasteiger partial charge in [0.05, 0.1) is 6.54 Å². The Morgan fingerprint density at radius 2 is 1.72 bits per heavy atom. The van der Waals surface area contributed by atoms with Crippen LogP contribution >= 0.6 is 0 Å². The highest BCUT2D eigenvalue weighted by molar-refractivity contribution is 5.97. The second-order valence-corrected chi connectivity index (χ2v) is 5.62. The van der Waals surface area contributed by atoms with Crippen molar-refractivity contribution in [2.24, 2.45) is 0 Å². The van der Waals surface area contributed by atoms with E-state index in [9.17, 15) is 4.79 Å². The Morgan fingerprint density at radius 1 is 1.11 bits per heavy atom. The second kappa shape index (κ2) is 6.14. The highest BCUT2D eigenvalue weighted by Crippen LogP contribution is 2.32. The van der Waals surface area contributed by atoms with Crippen LogP contribution in [0.25, 0.3) is 0 Å². The van der Waals surface area contributed by atoms with Crippen LogP contribution in [0, 0.1) is 0 Å². The van der Waals surface area contributed by atoms with Gasteiger partial charge in [-0.3, -0.25) is 4.79 Å². The van der Waals surface area contributed by atoms with Crippen molar-refractivity contribution >= 4 is 5.78 Å². The molecule has 0 heterocycles. The molecular weight excluding hydrogens is 222 g/mol. The van der Waals surface area contributed by atoms with E-state index in [0.29, 0.717) is 6.54 Å². The van der Waals surface area contributed by atoms with Crippen LogP contribution in [-0.4, -0.2) is 31.3 Å². The topological polar surface area (TPSA) is 20.3 Å². The molecular formula is C16H23NO. The van der Waals surface area contributed by atoms with E-state index in [-0.39, 0.29) is 5.78 Å². The van der Waals surface area contributed by atoms with Crippen LogP contribution in [0.1, 0.15) is 53.9 Å². The van der Waals surface area contributed by atoms with Crippen LogP contribution in [0.5, 0.6) is 0 Å². The Morgan fingerprint density at radius 3 is 2.28 bits per heavy atom. The zero-order chi connectivity index (χ0) is 13.0. The minimum atomic E-state index is 0.204. The molecule has 2 heteroatoms. The molecule has 0 N–H and O–H groups in total. The lowest BCUT2D eigenvalue weighted by Gasteiger charge is -2.22. The van der Waals surface area contributed by atoms with Gasteiger partial charge < -0.3 is 4.90 Å². The van der Waals surface area contributed by atoms with Gasteiger partial charge in [-0.15, -0.1) is 0 Å². The lowest BCUT2D eigenvalue weighted by Crippen LogP contribution is -2.21. The third-order valence-electron chi connectivity index (χ3n) is 3.77. The van der Waals surface area contributed by atoms with Gasteiger partial charge >= 0.3 is 0 Å². The predicted molar refractivity (Wildman–Crippen MR) is 75.2 cm³/mol. The van der Waals surface area contributed by atoms with Crippen molar-refractivity contribution in [3.8, 4) is 0 Å². The Hall–Kier alpha value is -1.15. The predicted octanol–water partition coefficient (Wildman–Crippen LogP) is 3.48. The highest BCUT2D eigenvalue weighted by atomic mass is 16.1. The molecule has 1 aromatic carbocycles. The summed E-state index contributed by atoms with van der Waals surface area (Å²) in [5, 5.41) is 0. The number of benzene rings is 1. The smallest absolute Gasteiger partial charge is 0.176 e. The molecule has 0 unspecified atom stereocenters. The maximum atomic E-state index is 11.9. The third-order valence-corrected chi connectivity index (χ3v) is 3.77. The maximum Gasteiger partial charge on any atom is 0.176 e. The van der Waals surface area contributed by atoms with Crippen molar-refractivity contribution in [1.29, 1.82) is 0 Å². The molecule has 0 aliphatic heterocycles. The number of Topliss-reactive ketones (excluding diaryl/α,β-unsaturated/α-hetero) is 1. The number of rotatable bonds is 4. The fourth-order valence-electron chi connectivity index (χ4n) is 2.76. The van der Waals surface area contributed by atoms with Crippen molar-refractivity contribution in [2.75, 3.05) is 20.6 Å². The van der Waals surface area contributed by atoms with Crippen molar-refractivity contribution in [2.45, 2.75) is 38.0 Å². The third kappa shape index (κ3) is 3.42. The number of carbonyl (C=O) groups excluding carboxylic acids is 1. The Bertz CT molecular complexity index is 388. The highest BCUT2D eigenvalue weighted by Gasteiger charge is 2.15. The molecule has 1 fully saturated rings. The first-order chi connectivity index (χ1) is 8.66. The molecule has 0 amide bonds. The molecule has 1 aliphatic rings. The second-order valence-electron chi connectivity index (χ2n) is 5.62. The molecule has 2 rings (SSSR count). The van der Waals surface area contributed by atoms with Crippen molar-refractivity contribution in [1.82, 2.24) is 4.90 Å². The summed E-state index contributed by atoms with van der Waals surface area (Å²) < 4.78 is 0. The van der Waals surface area contributed by atoms with Crippen LogP contribution in [0.15, 0.2) is 24.3 Å². The van der Waals surface area contributed by atoms with Gasteiger partial charge in [0.2, 0.25) is 0 Å². The summed E-state index contributed by atoms with van der Waals surface area (Å²) in [6, 6.07) is 8.29. The number of carbonyl (C=O) groups is 1. The normalized spacial score (nSPS) is 17.1. The minimum absolute atomic E-state index is 0.204. The monoisotopic (exact) mass is 245 g/mol. The van der Waals surface area contributed by atoms with Crippen molar-refractivity contribution in [3.63, 3.8) is 0 Å². The van der Waals surface area contributed by atoms with Gasteiger partial charge in [-0.25, -0.2) is 0 Å². The number of nitrogens with zero attached hydrogens (tertiary/aromatic N) is 1. The molecule has 0 aromatic heterocycles. The molecule has 0 spiro atoms. The van der Waals surface area contributed by atoms with Gasteiger partial charge in [0.25, 0.3) is 0 Å². The standard InChI is InChI=1S/C16H23NO/c1-17(2)12-16(18)15-10-8-14(9-11-15)13-6-4-3-5-7-13/h8-11,13H,3-7,12H2,1-2H3. The molecule has 1 saturated carbocycles. The first-order valence-corrected chi connectivity index (χ1v) is 6.94. The van der Waals surface area contributed by atoms with E-state index < -0.39 is 0 Å². The molecule has 18 heavy (non-hydrogen) atoms. The number of ketones is 1. The molecule has 1 aliphatic carbocycles. The average molecular weight is 245 g/mol. The molecule has 1 aromatic rings. The van der Waals surface area contributed by atoms with Gasteiger partial charge in [0.15, 0.2) is 5.78 Å². The molecule has 0 bridgehead atoms. The molecule has 98 valence electrons. The summed E-state index contributed by atoms with van der Waals surface area (Å²) in [4.78, 5) is 13.8. The molecule has 0 saturated heterocycles. The lowest BCUT2D eigenvalue weighted by atomic mass is 9.84. The quantitative estimate of drug-likeness (QED) is 0.757. The molecule has 0 radical (unpaired) electrons. The summed E-state index contributed by atoms with van der Waals surface area (Å²) in [6.45, 7) is 0.489. The summed E-state index contributed by atoms with van der Waals surface area (Å²) in [6.07, 6.45) is 6.71. The van der Waals surface area contributed by atoms with Crippen LogP contribution in [0.2, 0.25) is 0 Å².